The van der Waals surface area contributed by atoms with Gasteiger partial charge in [0.1, 0.15) is 0 Å². The number of aliphatic imine (C=N–C) groups is 1. The predicted octanol–water partition coefficient (Wildman–Crippen LogP) is 5.70. The maximum Gasteiger partial charge on any atom is 0.191 e. The number of hydrogen-bond acceptors (Lipinski definition) is 3. The van der Waals surface area contributed by atoms with Crippen molar-refractivity contribution in [2.24, 2.45) is 10.7 Å². The molecule has 0 aliphatic carbocycles. The van der Waals surface area contributed by atoms with Crippen molar-refractivity contribution in [2.45, 2.75) is 84.1 Å². The molecule has 26 heavy (non-hydrogen) atoms. The van der Waals surface area contributed by atoms with E-state index in [1.165, 1.54) is 81.8 Å². The summed E-state index contributed by atoms with van der Waals surface area (Å²) in [7, 11) is 0. The minimum atomic E-state index is 0. The first kappa shape index (κ1) is 22.8. The van der Waals surface area contributed by atoms with Crippen LogP contribution < -0.4 is 5.73 Å². The fourth-order valence-electron chi connectivity index (χ4n) is 3.51. The molecular formula is C22H38ClN3. The average Bonchev–Trinajstić information content (AvgIpc) is 3.03. The number of aryl methyl sites for hydroxylation is 1. The first-order chi connectivity index (χ1) is 12.3. The minimum Gasteiger partial charge on any atom is -0.370 e. The van der Waals surface area contributed by atoms with Gasteiger partial charge in [-0.3, -0.25) is 4.99 Å². The van der Waals surface area contributed by atoms with E-state index >= 15 is 0 Å². The molecule has 1 aromatic carbocycles. The van der Waals surface area contributed by atoms with Crippen molar-refractivity contribution in [1.29, 1.82) is 0 Å². The molecular weight excluding hydrogens is 342 g/mol. The lowest BCUT2D eigenvalue weighted by Crippen LogP contribution is -2.33. The summed E-state index contributed by atoms with van der Waals surface area (Å²) in [5.41, 5.74) is 8.67. The third-order valence-corrected chi connectivity index (χ3v) is 5.18. The van der Waals surface area contributed by atoms with Gasteiger partial charge >= 0.3 is 0 Å². The van der Waals surface area contributed by atoms with Crippen molar-refractivity contribution < 1.29 is 0 Å². The van der Waals surface area contributed by atoms with Gasteiger partial charge in [0.25, 0.3) is 0 Å². The summed E-state index contributed by atoms with van der Waals surface area (Å²) < 4.78 is 0. The molecule has 2 N–H and O–H groups in total. The van der Waals surface area contributed by atoms with Crippen LogP contribution in [0.1, 0.15) is 82.3 Å². The molecule has 0 fully saturated rings. The first-order valence-corrected chi connectivity index (χ1v) is 10.4. The van der Waals surface area contributed by atoms with Crippen molar-refractivity contribution in [1.82, 2.24) is 4.90 Å². The van der Waals surface area contributed by atoms with Crippen molar-refractivity contribution in [3.05, 3.63) is 35.4 Å². The number of nitrogens with zero attached hydrogens (tertiary/aromatic N) is 2. The maximum atomic E-state index is 5.88. The number of unbranched alkanes of at least 4 members (excludes halogenated alkanes) is 9. The highest BCUT2D eigenvalue weighted by Crippen LogP contribution is 2.14. The van der Waals surface area contributed by atoms with Gasteiger partial charge in [-0.1, -0.05) is 89.0 Å². The third-order valence-electron chi connectivity index (χ3n) is 5.18. The van der Waals surface area contributed by atoms with E-state index < -0.39 is 0 Å². The zero-order valence-electron chi connectivity index (χ0n) is 16.6. The molecule has 4 heteroatoms. The number of hydrogen-bond donors (Lipinski definition) is 1. The van der Waals surface area contributed by atoms with Crippen LogP contribution in [0.5, 0.6) is 0 Å². The molecule has 0 aromatic heterocycles. The Morgan fingerprint density at radius 2 is 1.38 bits per heavy atom. The molecule has 0 spiro atoms. The van der Waals surface area contributed by atoms with E-state index in [2.05, 4.69) is 41.1 Å². The molecule has 0 bridgehead atoms. The summed E-state index contributed by atoms with van der Waals surface area (Å²) in [5.74, 6) is 0.689. The second-order valence-corrected chi connectivity index (χ2v) is 7.41. The van der Waals surface area contributed by atoms with Gasteiger partial charge in [-0.15, -0.1) is 12.4 Å². The summed E-state index contributed by atoms with van der Waals surface area (Å²) in [5, 5.41) is 0. The molecule has 1 heterocycles. The number of guanidine groups is 1. The fourth-order valence-corrected chi connectivity index (χ4v) is 3.51. The van der Waals surface area contributed by atoms with Crippen LogP contribution in [-0.4, -0.2) is 23.9 Å². The molecule has 0 saturated carbocycles. The summed E-state index contributed by atoms with van der Waals surface area (Å²) in [6.45, 7) is 4.95. The van der Waals surface area contributed by atoms with Crippen LogP contribution in [0.25, 0.3) is 0 Å². The second kappa shape index (κ2) is 13.9. The van der Waals surface area contributed by atoms with E-state index in [9.17, 15) is 0 Å². The molecule has 3 nitrogen and oxygen atoms in total. The van der Waals surface area contributed by atoms with Gasteiger partial charge in [-0.05, 0) is 24.0 Å². The van der Waals surface area contributed by atoms with Gasteiger partial charge in [0, 0.05) is 13.1 Å². The van der Waals surface area contributed by atoms with Crippen LogP contribution in [0, 0.1) is 0 Å². The van der Waals surface area contributed by atoms with Gasteiger partial charge in [0.05, 0.1) is 6.54 Å². The molecule has 1 aliphatic rings. The summed E-state index contributed by atoms with van der Waals surface area (Å²) in [4.78, 5) is 6.39. The van der Waals surface area contributed by atoms with Crippen LogP contribution in [0.3, 0.4) is 0 Å². The quantitative estimate of drug-likeness (QED) is 0.446. The van der Waals surface area contributed by atoms with Crippen LogP contribution in [0.2, 0.25) is 0 Å². The fraction of sp³-hybridized carbons (Fsp3) is 0.682. The average molecular weight is 380 g/mol. The molecule has 1 aromatic rings. The largest absolute Gasteiger partial charge is 0.370 e. The molecule has 0 amide bonds. The molecule has 1 aliphatic heterocycles. The maximum absolute atomic E-state index is 5.88. The molecule has 0 unspecified atom stereocenters. The topological polar surface area (TPSA) is 41.6 Å². The Morgan fingerprint density at radius 1 is 0.846 bits per heavy atom. The predicted molar refractivity (Wildman–Crippen MR) is 116 cm³/mol. The highest BCUT2D eigenvalue weighted by molar-refractivity contribution is 5.85. The monoisotopic (exact) mass is 379 g/mol. The number of nitrogens with two attached hydrogens (primary N) is 1. The van der Waals surface area contributed by atoms with Crippen LogP contribution >= 0.6 is 12.4 Å². The van der Waals surface area contributed by atoms with Gasteiger partial charge in [0.15, 0.2) is 5.96 Å². The third kappa shape index (κ3) is 8.93. The Hall–Kier alpha value is -1.22. The number of benzene rings is 1. The Morgan fingerprint density at radius 3 is 1.92 bits per heavy atom. The van der Waals surface area contributed by atoms with Crippen molar-refractivity contribution in [2.75, 3.05) is 13.1 Å². The summed E-state index contributed by atoms with van der Waals surface area (Å²) in [6.07, 6.45) is 15.2. The summed E-state index contributed by atoms with van der Waals surface area (Å²) in [6, 6.07) is 9.06. The number of rotatable bonds is 13. The van der Waals surface area contributed by atoms with Gasteiger partial charge < -0.3 is 10.6 Å². The van der Waals surface area contributed by atoms with Crippen LogP contribution in [0.15, 0.2) is 29.3 Å². The van der Waals surface area contributed by atoms with E-state index in [0.29, 0.717) is 5.96 Å². The normalized spacial score (nSPS) is 13.6. The zero-order chi connectivity index (χ0) is 17.7. The van der Waals surface area contributed by atoms with Crippen LogP contribution in [-0.2, 0) is 13.0 Å². The molecule has 2 rings (SSSR count). The molecule has 0 radical (unpaired) electrons. The standard InChI is InChI=1S/C22H37N3.ClH/c1-2-3-4-5-6-7-8-9-10-11-12-20-13-15-21(16-14-20)19-25-18-17-24-22(25)23;/h13-16H,2-12,17-19H2,1H3,(H2,23,24);1H. The number of halogens is 1. The Kier molecular flexibility index (Phi) is 12.2. The van der Waals surface area contributed by atoms with Crippen LogP contribution in [0.4, 0.5) is 0 Å². The van der Waals surface area contributed by atoms with E-state index in [4.69, 9.17) is 5.73 Å². The van der Waals surface area contributed by atoms with Crippen molar-refractivity contribution >= 4 is 18.4 Å². The van der Waals surface area contributed by atoms with E-state index in [-0.39, 0.29) is 12.4 Å². The van der Waals surface area contributed by atoms with Gasteiger partial charge in [0.2, 0.25) is 0 Å². The van der Waals surface area contributed by atoms with Crippen molar-refractivity contribution in [3.63, 3.8) is 0 Å². The van der Waals surface area contributed by atoms with E-state index in [1.54, 1.807) is 0 Å². The lowest BCUT2D eigenvalue weighted by Gasteiger charge is -2.17. The molecule has 0 saturated heterocycles. The van der Waals surface area contributed by atoms with Crippen molar-refractivity contribution in [3.8, 4) is 0 Å². The second-order valence-electron chi connectivity index (χ2n) is 7.41. The van der Waals surface area contributed by atoms with E-state index in [1.807, 2.05) is 0 Å². The smallest absolute Gasteiger partial charge is 0.191 e. The SMILES string of the molecule is CCCCCCCCCCCCc1ccc(CN2CCN=C2N)cc1.Cl. The lowest BCUT2D eigenvalue weighted by molar-refractivity contribution is 0.448. The molecule has 0 atom stereocenters. The zero-order valence-corrected chi connectivity index (χ0v) is 17.4. The Labute approximate surface area is 166 Å². The minimum absolute atomic E-state index is 0. The van der Waals surface area contributed by atoms with Gasteiger partial charge in [-0.25, -0.2) is 0 Å². The lowest BCUT2D eigenvalue weighted by atomic mass is 10.0. The Bertz CT molecular complexity index is 499. The molecule has 148 valence electrons. The van der Waals surface area contributed by atoms with E-state index in [0.717, 1.165) is 19.6 Å². The highest BCUT2D eigenvalue weighted by atomic mass is 35.5. The van der Waals surface area contributed by atoms with Gasteiger partial charge in [-0.2, -0.15) is 0 Å². The summed E-state index contributed by atoms with van der Waals surface area (Å²) >= 11 is 0. The Balaban J connectivity index is 0.00000338. The first-order valence-electron chi connectivity index (χ1n) is 10.4. The highest BCUT2D eigenvalue weighted by Gasteiger charge is 2.13.